The minimum Gasteiger partial charge on any atom is -0.302 e. The van der Waals surface area contributed by atoms with Gasteiger partial charge in [-0.3, -0.25) is 4.57 Å². The Morgan fingerprint density at radius 3 is 2.62 bits per heavy atom. The third-order valence-corrected chi connectivity index (χ3v) is 2.79. The quantitative estimate of drug-likeness (QED) is 0.772. The van der Waals surface area contributed by atoms with Crippen LogP contribution in [0.3, 0.4) is 0 Å². The van der Waals surface area contributed by atoms with Gasteiger partial charge >= 0.3 is 5.69 Å². The molecular formula is C10H9Cl2N3O. The lowest BCUT2D eigenvalue weighted by atomic mass is 10.3. The Labute approximate surface area is 102 Å². The summed E-state index contributed by atoms with van der Waals surface area (Å²) in [6, 6.07) is 3.41. The first kappa shape index (κ1) is 11.2. The molecule has 0 atom stereocenters. The molecule has 0 radical (unpaired) electrons. The lowest BCUT2D eigenvalue weighted by Gasteiger charge is -2.03. The van der Waals surface area contributed by atoms with Crippen LogP contribution >= 0.6 is 23.2 Å². The van der Waals surface area contributed by atoms with E-state index in [1.807, 2.05) is 0 Å². The smallest absolute Gasteiger partial charge is 0.302 e. The molecule has 0 unspecified atom stereocenters. The van der Waals surface area contributed by atoms with E-state index in [0.717, 1.165) is 5.56 Å². The molecule has 2 aromatic heterocycles. The van der Waals surface area contributed by atoms with Crippen LogP contribution in [0.4, 0.5) is 0 Å². The fourth-order valence-electron chi connectivity index (χ4n) is 1.37. The van der Waals surface area contributed by atoms with Crippen molar-refractivity contribution in [3.8, 4) is 0 Å². The molecular weight excluding hydrogens is 249 g/mol. The molecule has 0 aliphatic carbocycles. The molecule has 0 saturated carbocycles. The van der Waals surface area contributed by atoms with E-state index in [-0.39, 0.29) is 5.69 Å². The summed E-state index contributed by atoms with van der Waals surface area (Å²) in [6.45, 7) is 0.392. The number of hydrogen-bond acceptors (Lipinski definition) is 2. The van der Waals surface area contributed by atoms with E-state index in [0.29, 0.717) is 16.9 Å². The van der Waals surface area contributed by atoms with Gasteiger partial charge in [0, 0.05) is 25.0 Å². The Morgan fingerprint density at radius 2 is 2.06 bits per heavy atom. The summed E-state index contributed by atoms with van der Waals surface area (Å²) in [5.74, 6) is 0. The molecule has 0 aromatic carbocycles. The molecule has 6 heteroatoms. The zero-order valence-electron chi connectivity index (χ0n) is 8.52. The van der Waals surface area contributed by atoms with Crippen LogP contribution in [-0.2, 0) is 13.6 Å². The van der Waals surface area contributed by atoms with Gasteiger partial charge in [0.05, 0.1) is 6.54 Å². The van der Waals surface area contributed by atoms with Crippen molar-refractivity contribution in [2.24, 2.45) is 7.05 Å². The number of halogens is 2. The normalized spacial score (nSPS) is 10.7. The molecule has 84 valence electrons. The van der Waals surface area contributed by atoms with E-state index in [1.165, 1.54) is 4.57 Å². The Balaban J connectivity index is 2.34. The first-order valence-corrected chi connectivity index (χ1v) is 5.36. The van der Waals surface area contributed by atoms with Gasteiger partial charge in [0.25, 0.3) is 0 Å². The second-order valence-corrected chi connectivity index (χ2v) is 4.15. The molecule has 4 nitrogen and oxygen atoms in total. The van der Waals surface area contributed by atoms with Crippen LogP contribution < -0.4 is 5.69 Å². The van der Waals surface area contributed by atoms with Crippen molar-refractivity contribution < 1.29 is 0 Å². The lowest BCUT2D eigenvalue weighted by molar-refractivity contribution is 0.716. The van der Waals surface area contributed by atoms with Gasteiger partial charge in [-0.05, 0) is 6.07 Å². The summed E-state index contributed by atoms with van der Waals surface area (Å²) in [7, 11) is 1.69. The summed E-state index contributed by atoms with van der Waals surface area (Å²) in [4.78, 5) is 15.5. The first-order chi connectivity index (χ1) is 7.58. The van der Waals surface area contributed by atoms with Gasteiger partial charge in [-0.2, -0.15) is 0 Å². The summed E-state index contributed by atoms with van der Waals surface area (Å²) in [5.41, 5.74) is 0.672. The highest BCUT2D eigenvalue weighted by Gasteiger charge is 2.06. The number of imidazole rings is 1. The highest BCUT2D eigenvalue weighted by Crippen LogP contribution is 2.17. The predicted octanol–water partition coefficient (Wildman–Crippen LogP) is 1.94. The molecule has 2 heterocycles. The highest BCUT2D eigenvalue weighted by molar-refractivity contribution is 6.32. The van der Waals surface area contributed by atoms with E-state index in [2.05, 4.69) is 4.98 Å². The van der Waals surface area contributed by atoms with Crippen molar-refractivity contribution in [1.29, 1.82) is 0 Å². The third kappa shape index (κ3) is 2.13. The SMILES string of the molecule is Cn1ccn(Cc2ccc(Cl)nc2Cl)c1=O. The molecule has 0 amide bonds. The summed E-state index contributed by atoms with van der Waals surface area (Å²) < 4.78 is 3.05. The van der Waals surface area contributed by atoms with Crippen molar-refractivity contribution in [3.05, 3.63) is 50.9 Å². The molecule has 16 heavy (non-hydrogen) atoms. The molecule has 0 N–H and O–H groups in total. The molecule has 0 bridgehead atoms. The van der Waals surface area contributed by atoms with Crippen LogP contribution in [0.2, 0.25) is 10.3 Å². The van der Waals surface area contributed by atoms with Crippen molar-refractivity contribution in [3.63, 3.8) is 0 Å². The zero-order valence-corrected chi connectivity index (χ0v) is 10.0. The van der Waals surface area contributed by atoms with Crippen molar-refractivity contribution in [1.82, 2.24) is 14.1 Å². The topological polar surface area (TPSA) is 39.8 Å². The predicted molar refractivity (Wildman–Crippen MR) is 63.0 cm³/mol. The van der Waals surface area contributed by atoms with E-state index < -0.39 is 0 Å². The van der Waals surface area contributed by atoms with Gasteiger partial charge in [-0.1, -0.05) is 29.3 Å². The van der Waals surface area contributed by atoms with Gasteiger partial charge in [0.1, 0.15) is 10.3 Å². The second-order valence-electron chi connectivity index (χ2n) is 3.40. The average molecular weight is 258 g/mol. The van der Waals surface area contributed by atoms with Gasteiger partial charge < -0.3 is 4.57 Å². The molecule has 0 spiro atoms. The first-order valence-electron chi connectivity index (χ1n) is 4.60. The number of aryl methyl sites for hydroxylation is 1. The van der Waals surface area contributed by atoms with E-state index >= 15 is 0 Å². The maximum Gasteiger partial charge on any atom is 0.328 e. The Morgan fingerprint density at radius 1 is 1.31 bits per heavy atom. The summed E-state index contributed by atoms with van der Waals surface area (Å²) >= 11 is 11.6. The molecule has 2 aromatic rings. The average Bonchev–Trinajstić information content (AvgIpc) is 2.54. The van der Waals surface area contributed by atoms with Crippen molar-refractivity contribution in [2.45, 2.75) is 6.54 Å². The Bertz CT molecular complexity index is 574. The number of hydrogen-bond donors (Lipinski definition) is 0. The molecule has 0 saturated heterocycles. The van der Waals surface area contributed by atoms with Crippen LogP contribution in [0.5, 0.6) is 0 Å². The Kier molecular flexibility index (Phi) is 3.03. The third-order valence-electron chi connectivity index (χ3n) is 2.25. The minimum atomic E-state index is -0.0917. The maximum absolute atomic E-state index is 11.6. The Hall–Kier alpha value is -1.26. The summed E-state index contributed by atoms with van der Waals surface area (Å²) in [5, 5.41) is 0.664. The van der Waals surface area contributed by atoms with E-state index in [9.17, 15) is 4.79 Å². The van der Waals surface area contributed by atoms with Gasteiger partial charge in [0.15, 0.2) is 0 Å². The molecule has 0 aliphatic rings. The highest BCUT2D eigenvalue weighted by atomic mass is 35.5. The van der Waals surface area contributed by atoms with E-state index in [4.69, 9.17) is 23.2 Å². The fourth-order valence-corrected chi connectivity index (χ4v) is 1.78. The van der Waals surface area contributed by atoms with Crippen molar-refractivity contribution in [2.75, 3.05) is 0 Å². The van der Waals surface area contributed by atoms with Gasteiger partial charge in [-0.15, -0.1) is 0 Å². The van der Waals surface area contributed by atoms with Crippen LogP contribution in [0.1, 0.15) is 5.56 Å². The number of aromatic nitrogens is 3. The summed E-state index contributed by atoms with van der Waals surface area (Å²) in [6.07, 6.45) is 3.40. The minimum absolute atomic E-state index is 0.0917. The van der Waals surface area contributed by atoms with Crippen LogP contribution in [0.15, 0.2) is 29.3 Å². The van der Waals surface area contributed by atoms with Gasteiger partial charge in [-0.25, -0.2) is 9.78 Å². The maximum atomic E-state index is 11.6. The number of rotatable bonds is 2. The van der Waals surface area contributed by atoms with E-state index in [1.54, 1.807) is 36.1 Å². The van der Waals surface area contributed by atoms with Crippen LogP contribution in [0.25, 0.3) is 0 Å². The standard InChI is InChI=1S/C10H9Cl2N3O/c1-14-4-5-15(10(14)16)6-7-2-3-8(11)13-9(7)12/h2-5H,6H2,1H3. The largest absolute Gasteiger partial charge is 0.328 e. The van der Waals surface area contributed by atoms with Crippen LogP contribution in [-0.4, -0.2) is 14.1 Å². The number of nitrogens with zero attached hydrogens (tertiary/aromatic N) is 3. The van der Waals surface area contributed by atoms with Crippen molar-refractivity contribution >= 4 is 23.2 Å². The molecule has 0 aliphatic heterocycles. The van der Waals surface area contributed by atoms with Crippen LogP contribution in [0, 0.1) is 0 Å². The molecule has 2 rings (SSSR count). The fraction of sp³-hybridized carbons (Fsp3) is 0.200. The molecule has 0 fully saturated rings. The monoisotopic (exact) mass is 257 g/mol. The lowest BCUT2D eigenvalue weighted by Crippen LogP contribution is -2.22. The second kappa shape index (κ2) is 4.31. The zero-order chi connectivity index (χ0) is 11.7. The number of pyridine rings is 1. The van der Waals surface area contributed by atoms with Gasteiger partial charge in [0.2, 0.25) is 0 Å².